The predicted molar refractivity (Wildman–Crippen MR) is 152 cm³/mol. The molecule has 0 saturated heterocycles. The highest BCUT2D eigenvalue weighted by atomic mass is 35.5. The molecule has 1 atom stereocenters. The molecule has 1 aliphatic rings. The van der Waals surface area contributed by atoms with E-state index in [1.807, 2.05) is 30.3 Å². The van der Waals surface area contributed by atoms with Crippen LogP contribution < -0.4 is 15.5 Å². The molecule has 9 heteroatoms. The molecule has 0 aromatic heterocycles. The van der Waals surface area contributed by atoms with Gasteiger partial charge in [-0.1, -0.05) is 50.8 Å². The summed E-state index contributed by atoms with van der Waals surface area (Å²) in [5.41, 5.74) is 6.71. The van der Waals surface area contributed by atoms with Crippen molar-refractivity contribution in [2.24, 2.45) is 0 Å². The van der Waals surface area contributed by atoms with Gasteiger partial charge < -0.3 is 20.3 Å². The molecule has 1 unspecified atom stereocenters. The normalized spacial score (nSPS) is 14.2. The van der Waals surface area contributed by atoms with Gasteiger partial charge in [0.25, 0.3) is 0 Å². The van der Waals surface area contributed by atoms with Crippen molar-refractivity contribution in [3.05, 3.63) is 47.5 Å². The number of hydrogen-bond acceptors (Lipinski definition) is 6. The molecule has 0 fully saturated rings. The number of hydrogen-bond donors (Lipinski definition) is 4. The minimum absolute atomic E-state index is 0. The number of anilines is 1. The molecule has 0 spiro atoms. The first-order valence-corrected chi connectivity index (χ1v) is 12.0. The summed E-state index contributed by atoms with van der Waals surface area (Å²) in [5.74, 6) is 0.892. The Balaban J connectivity index is 0.00000385. The minimum Gasteiger partial charge on any atom is -0.504 e. The maximum Gasteiger partial charge on any atom is 0.160 e. The first-order valence-electron chi connectivity index (χ1n) is 12.0. The van der Waals surface area contributed by atoms with Crippen LogP contribution in [0.15, 0.2) is 36.4 Å². The Labute approximate surface area is 229 Å². The van der Waals surface area contributed by atoms with Gasteiger partial charge in [-0.25, -0.2) is 5.01 Å². The second-order valence-corrected chi connectivity index (χ2v) is 8.61. The highest BCUT2D eigenvalue weighted by molar-refractivity contribution is 5.86. The zero-order valence-corrected chi connectivity index (χ0v) is 23.2. The van der Waals surface area contributed by atoms with E-state index in [4.69, 9.17) is 4.74 Å². The Kier molecular flexibility index (Phi) is 17.0. The molecule has 0 aliphatic heterocycles. The van der Waals surface area contributed by atoms with E-state index in [2.05, 4.69) is 22.7 Å². The number of halogens is 3. The monoisotopic (exact) mass is 549 g/mol. The Morgan fingerprint density at radius 1 is 0.971 bits per heavy atom. The maximum absolute atomic E-state index is 10.2. The second kappa shape index (κ2) is 17.8. The van der Waals surface area contributed by atoms with Gasteiger partial charge in [0.2, 0.25) is 0 Å². The summed E-state index contributed by atoms with van der Waals surface area (Å²) >= 11 is 0. The number of nitrogens with zero attached hydrogens (tertiary/aromatic N) is 1. The molecule has 0 bridgehead atoms. The zero-order chi connectivity index (χ0) is 22.8. The standard InChI is InChI=1S/C26H39N3O3.3ClH/c1-3-4-5-6-9-18-29(28-17-16-27-23-10-7-8-11-25(23)32-2)21-13-14-22-20(19-21)12-15-24(30)26(22)31;;;/h7-8,10-12,15,21,27-28,30-31H,3-6,9,13-14,16-19H2,1-2H3;3*1H. The van der Waals surface area contributed by atoms with Crippen LogP contribution in [0.25, 0.3) is 0 Å². The number of nitrogens with one attached hydrogen (secondary N) is 2. The Hall–Kier alpha value is -1.57. The number of methoxy groups -OCH3 is 1. The largest absolute Gasteiger partial charge is 0.504 e. The summed E-state index contributed by atoms with van der Waals surface area (Å²) in [4.78, 5) is 0. The Bertz CT molecular complexity index is 858. The lowest BCUT2D eigenvalue weighted by Crippen LogP contribution is -2.49. The third kappa shape index (κ3) is 9.77. The Morgan fingerprint density at radius 2 is 1.71 bits per heavy atom. The van der Waals surface area contributed by atoms with E-state index in [9.17, 15) is 10.2 Å². The van der Waals surface area contributed by atoms with E-state index in [1.165, 1.54) is 32.1 Å². The number of hydrazine groups is 1. The maximum atomic E-state index is 10.2. The quantitative estimate of drug-likeness (QED) is 0.137. The van der Waals surface area contributed by atoms with Crippen LogP contribution in [0.3, 0.4) is 0 Å². The van der Waals surface area contributed by atoms with Gasteiger partial charge in [0.05, 0.1) is 12.8 Å². The van der Waals surface area contributed by atoms with E-state index < -0.39 is 0 Å². The fourth-order valence-corrected chi connectivity index (χ4v) is 4.53. The van der Waals surface area contributed by atoms with E-state index in [0.29, 0.717) is 6.04 Å². The molecular formula is C26H42Cl3N3O3. The Morgan fingerprint density at radius 3 is 2.46 bits per heavy atom. The molecule has 0 heterocycles. The van der Waals surface area contributed by atoms with Crippen LogP contribution in [-0.4, -0.2) is 48.0 Å². The average molecular weight is 551 g/mol. The smallest absolute Gasteiger partial charge is 0.160 e. The molecule has 0 radical (unpaired) electrons. The number of benzene rings is 2. The van der Waals surface area contributed by atoms with Gasteiger partial charge >= 0.3 is 0 Å². The number of aromatic hydroxyl groups is 2. The van der Waals surface area contributed by atoms with Gasteiger partial charge in [-0.2, -0.15) is 0 Å². The zero-order valence-electron chi connectivity index (χ0n) is 20.8. The molecule has 2 aromatic rings. The van der Waals surface area contributed by atoms with Gasteiger partial charge in [-0.05, 0) is 49.4 Å². The van der Waals surface area contributed by atoms with Crippen molar-refractivity contribution in [3.8, 4) is 17.2 Å². The van der Waals surface area contributed by atoms with Crippen molar-refractivity contribution in [2.75, 3.05) is 32.1 Å². The van der Waals surface area contributed by atoms with Crippen LogP contribution in [-0.2, 0) is 12.8 Å². The highest BCUT2D eigenvalue weighted by Gasteiger charge is 2.26. The molecule has 0 amide bonds. The predicted octanol–water partition coefficient (Wildman–Crippen LogP) is 6.12. The van der Waals surface area contributed by atoms with Gasteiger partial charge in [-0.15, -0.1) is 37.2 Å². The number of fused-ring (bicyclic) bond motifs is 1. The topological polar surface area (TPSA) is 77.0 Å². The second-order valence-electron chi connectivity index (χ2n) is 8.61. The van der Waals surface area contributed by atoms with E-state index in [-0.39, 0.29) is 48.7 Å². The summed E-state index contributed by atoms with van der Waals surface area (Å²) in [6.45, 7) is 4.87. The van der Waals surface area contributed by atoms with Crippen molar-refractivity contribution in [2.45, 2.75) is 64.3 Å². The minimum atomic E-state index is -0.0180. The first-order chi connectivity index (χ1) is 15.6. The van der Waals surface area contributed by atoms with Crippen LogP contribution in [0.1, 0.15) is 56.6 Å². The van der Waals surface area contributed by atoms with Gasteiger partial charge in [0.1, 0.15) is 5.75 Å². The van der Waals surface area contributed by atoms with Crippen LogP contribution in [0.4, 0.5) is 5.69 Å². The molecule has 4 N–H and O–H groups in total. The molecule has 3 rings (SSSR count). The molecular weight excluding hydrogens is 509 g/mol. The third-order valence-corrected chi connectivity index (χ3v) is 6.35. The third-order valence-electron chi connectivity index (χ3n) is 6.35. The molecule has 35 heavy (non-hydrogen) atoms. The van der Waals surface area contributed by atoms with Crippen molar-refractivity contribution in [3.63, 3.8) is 0 Å². The molecule has 1 aliphatic carbocycles. The van der Waals surface area contributed by atoms with Gasteiger partial charge in [0.15, 0.2) is 11.5 Å². The van der Waals surface area contributed by atoms with Crippen molar-refractivity contribution in [1.29, 1.82) is 0 Å². The van der Waals surface area contributed by atoms with Crippen LogP contribution in [0, 0.1) is 0 Å². The lowest BCUT2D eigenvalue weighted by atomic mass is 9.87. The van der Waals surface area contributed by atoms with Crippen LogP contribution >= 0.6 is 37.2 Å². The fraction of sp³-hybridized carbons (Fsp3) is 0.538. The number of phenolic OH excluding ortho intramolecular Hbond substituents is 2. The summed E-state index contributed by atoms with van der Waals surface area (Å²) < 4.78 is 5.42. The molecule has 6 nitrogen and oxygen atoms in total. The summed E-state index contributed by atoms with van der Waals surface area (Å²) in [6, 6.07) is 11.9. The van der Waals surface area contributed by atoms with Crippen LogP contribution in [0.2, 0.25) is 0 Å². The van der Waals surface area contributed by atoms with Gasteiger partial charge in [0, 0.05) is 31.2 Å². The van der Waals surface area contributed by atoms with E-state index >= 15 is 0 Å². The highest BCUT2D eigenvalue weighted by Crippen LogP contribution is 2.36. The van der Waals surface area contributed by atoms with Crippen LogP contribution in [0.5, 0.6) is 17.2 Å². The molecule has 200 valence electrons. The van der Waals surface area contributed by atoms with E-state index in [0.717, 1.165) is 61.5 Å². The summed E-state index contributed by atoms with van der Waals surface area (Å²) in [5, 5.41) is 25.9. The summed E-state index contributed by atoms with van der Waals surface area (Å²) in [7, 11) is 1.69. The number of rotatable bonds is 13. The number of ether oxygens (including phenoxy) is 1. The fourth-order valence-electron chi connectivity index (χ4n) is 4.53. The lowest BCUT2D eigenvalue weighted by Gasteiger charge is -2.36. The number of para-hydroxylation sites is 2. The SMILES string of the molecule is CCCCCCCN(NCCNc1ccccc1OC)C1CCc2c(ccc(O)c2O)C1.Cl.Cl.Cl. The van der Waals surface area contributed by atoms with Crippen molar-refractivity contribution >= 4 is 42.9 Å². The van der Waals surface area contributed by atoms with Crippen molar-refractivity contribution in [1.82, 2.24) is 10.4 Å². The van der Waals surface area contributed by atoms with Crippen molar-refractivity contribution < 1.29 is 14.9 Å². The van der Waals surface area contributed by atoms with Gasteiger partial charge in [-0.3, -0.25) is 5.43 Å². The molecule has 0 saturated carbocycles. The van der Waals surface area contributed by atoms with E-state index in [1.54, 1.807) is 13.2 Å². The number of phenols is 2. The lowest BCUT2D eigenvalue weighted by molar-refractivity contribution is 0.111. The first kappa shape index (κ1) is 33.4. The molecule has 2 aromatic carbocycles. The number of unbranched alkanes of at least 4 members (excludes halogenated alkanes) is 4. The average Bonchev–Trinajstić information content (AvgIpc) is 2.82. The summed E-state index contributed by atoms with van der Waals surface area (Å²) in [6.07, 6.45) is 8.91.